The monoisotopic (exact) mass is 536 g/mol. The van der Waals surface area contributed by atoms with Gasteiger partial charge in [-0.05, 0) is 43.0 Å². The summed E-state index contributed by atoms with van der Waals surface area (Å²) in [5.41, 5.74) is 3.15. The molecular weight excluding hydrogens is 509 g/mol. The molecule has 1 saturated heterocycles. The van der Waals surface area contributed by atoms with Crippen LogP contribution in [0.3, 0.4) is 0 Å². The van der Waals surface area contributed by atoms with Crippen LogP contribution in [0.15, 0.2) is 24.4 Å². The number of amides is 3. The van der Waals surface area contributed by atoms with Crippen LogP contribution in [0.4, 0.5) is 13.2 Å². The highest BCUT2D eigenvalue weighted by Gasteiger charge is 2.39. The molecule has 38 heavy (non-hydrogen) atoms. The average Bonchev–Trinajstić information content (AvgIpc) is 3.48. The van der Waals surface area contributed by atoms with E-state index in [2.05, 4.69) is 20.9 Å². The van der Waals surface area contributed by atoms with Crippen molar-refractivity contribution in [1.82, 2.24) is 30.5 Å². The quantitative estimate of drug-likeness (QED) is 0.493. The van der Waals surface area contributed by atoms with E-state index in [1.54, 1.807) is 15.6 Å². The highest BCUT2D eigenvalue weighted by Crippen LogP contribution is 2.29. The van der Waals surface area contributed by atoms with Crippen LogP contribution in [0.2, 0.25) is 0 Å². The van der Waals surface area contributed by atoms with E-state index in [-0.39, 0.29) is 18.2 Å². The van der Waals surface area contributed by atoms with Crippen LogP contribution in [-0.2, 0) is 27.5 Å². The van der Waals surface area contributed by atoms with Crippen LogP contribution in [0, 0.1) is 0 Å². The summed E-state index contributed by atoms with van der Waals surface area (Å²) in [6, 6.07) is 5.50. The Kier molecular flexibility index (Phi) is 8.09. The van der Waals surface area contributed by atoms with Crippen molar-refractivity contribution in [3.63, 3.8) is 0 Å². The van der Waals surface area contributed by atoms with Crippen molar-refractivity contribution in [2.75, 3.05) is 0 Å². The smallest absolute Gasteiger partial charge is 0.475 e. The maximum Gasteiger partial charge on any atom is 0.490 e. The number of imide groups is 1. The Bertz CT molecular complexity index is 1220. The molecule has 2 aromatic rings. The van der Waals surface area contributed by atoms with E-state index in [0.29, 0.717) is 31.1 Å². The molecule has 3 amide bonds. The predicted octanol–water partition coefficient (Wildman–Crippen LogP) is 2.08. The number of halogens is 3. The van der Waals surface area contributed by atoms with E-state index in [1.807, 2.05) is 18.3 Å². The number of carbonyl (C=O) groups excluding carboxylic acids is 3. The van der Waals surface area contributed by atoms with Crippen LogP contribution < -0.4 is 10.6 Å². The molecule has 1 aromatic heterocycles. The minimum atomic E-state index is -5.08. The Balaban J connectivity index is 0.000000426. The van der Waals surface area contributed by atoms with Gasteiger partial charge in [0.2, 0.25) is 11.8 Å². The largest absolute Gasteiger partial charge is 0.490 e. The summed E-state index contributed by atoms with van der Waals surface area (Å²) in [6.45, 7) is 1.04. The lowest BCUT2D eigenvalue weighted by molar-refractivity contribution is -0.192. The Morgan fingerprint density at radius 1 is 1.13 bits per heavy atom. The number of alkyl halides is 3. The van der Waals surface area contributed by atoms with Crippen molar-refractivity contribution in [3.05, 3.63) is 41.2 Å². The van der Waals surface area contributed by atoms with Gasteiger partial charge in [-0.15, -0.1) is 5.10 Å². The molecule has 1 aromatic carbocycles. The molecule has 1 aliphatic carbocycles. The fourth-order valence-corrected chi connectivity index (χ4v) is 4.76. The first-order valence-corrected chi connectivity index (χ1v) is 12.3. The van der Waals surface area contributed by atoms with Crippen molar-refractivity contribution in [1.29, 1.82) is 0 Å². The topological polar surface area (TPSA) is 147 Å². The number of aliphatic carboxylic acids is 1. The van der Waals surface area contributed by atoms with Crippen LogP contribution in [0.25, 0.3) is 5.69 Å². The van der Waals surface area contributed by atoms with Crippen molar-refractivity contribution >= 4 is 23.7 Å². The molecule has 5 rings (SSSR count). The molecule has 0 bridgehead atoms. The van der Waals surface area contributed by atoms with Crippen LogP contribution in [0.1, 0.15) is 66.6 Å². The normalized spacial score (nSPS) is 20.0. The number of hydrogen-bond donors (Lipinski definition) is 3. The zero-order valence-corrected chi connectivity index (χ0v) is 20.3. The Morgan fingerprint density at radius 3 is 2.50 bits per heavy atom. The molecule has 11 nitrogen and oxygen atoms in total. The standard InChI is InChI=1S/C22H26N6O3.C2HF3O2/c29-20-9-8-19(21(30)24-20)27-12-14-10-17(6-7-18(14)22(27)31)28-13-16(25-26-28)11-23-15-4-2-1-3-5-15;3-2(4,5)1(6)7/h6-7,10,13,15,19,23H,1-5,8-9,11-12H2,(H,24,29,30);(H,6,7). The molecule has 0 spiro atoms. The average molecular weight is 537 g/mol. The second-order valence-corrected chi connectivity index (χ2v) is 9.41. The van der Waals surface area contributed by atoms with E-state index in [0.717, 1.165) is 16.9 Å². The molecule has 0 radical (unpaired) electrons. The highest BCUT2D eigenvalue weighted by molar-refractivity contribution is 6.05. The van der Waals surface area contributed by atoms with Crippen LogP contribution in [0.5, 0.6) is 0 Å². The summed E-state index contributed by atoms with van der Waals surface area (Å²) in [4.78, 5) is 46.9. The zero-order chi connectivity index (χ0) is 27.4. The number of aromatic nitrogens is 3. The first-order valence-electron chi connectivity index (χ1n) is 12.3. The fourth-order valence-electron chi connectivity index (χ4n) is 4.76. The molecule has 2 aliphatic heterocycles. The van der Waals surface area contributed by atoms with Crippen molar-refractivity contribution in [2.24, 2.45) is 0 Å². The number of carbonyl (C=O) groups is 4. The maximum atomic E-state index is 12.8. The van der Waals surface area contributed by atoms with Gasteiger partial charge in [-0.25, -0.2) is 9.48 Å². The minimum absolute atomic E-state index is 0.174. The summed E-state index contributed by atoms with van der Waals surface area (Å²) < 4.78 is 33.5. The Morgan fingerprint density at radius 2 is 1.84 bits per heavy atom. The molecule has 3 N–H and O–H groups in total. The van der Waals surface area contributed by atoms with Gasteiger partial charge < -0.3 is 15.3 Å². The van der Waals surface area contributed by atoms with Gasteiger partial charge in [0.15, 0.2) is 0 Å². The maximum absolute atomic E-state index is 12.8. The number of benzene rings is 1. The van der Waals surface area contributed by atoms with Gasteiger partial charge in [0, 0.05) is 31.1 Å². The second kappa shape index (κ2) is 11.3. The van der Waals surface area contributed by atoms with Crippen molar-refractivity contribution < 1.29 is 37.5 Å². The van der Waals surface area contributed by atoms with Gasteiger partial charge in [0.05, 0.1) is 17.6 Å². The predicted molar refractivity (Wildman–Crippen MR) is 125 cm³/mol. The number of nitrogens with zero attached hydrogens (tertiary/aromatic N) is 4. The third-order valence-electron chi connectivity index (χ3n) is 6.73. The van der Waals surface area contributed by atoms with E-state index in [1.165, 1.54) is 32.1 Å². The number of hydrogen-bond acceptors (Lipinski definition) is 7. The van der Waals surface area contributed by atoms with Crippen molar-refractivity contribution in [3.8, 4) is 5.69 Å². The molecule has 204 valence electrons. The highest BCUT2D eigenvalue weighted by atomic mass is 19.4. The number of piperidine rings is 1. The lowest BCUT2D eigenvalue weighted by Crippen LogP contribution is -2.52. The summed E-state index contributed by atoms with van der Waals surface area (Å²) in [5, 5.41) is 21.6. The van der Waals surface area contributed by atoms with Crippen LogP contribution >= 0.6 is 0 Å². The van der Waals surface area contributed by atoms with Crippen molar-refractivity contribution in [2.45, 2.75) is 76.3 Å². The summed E-state index contributed by atoms with van der Waals surface area (Å²) in [5.74, 6) is -3.61. The molecule has 3 aliphatic rings. The third kappa shape index (κ3) is 6.36. The van der Waals surface area contributed by atoms with Gasteiger partial charge in [-0.1, -0.05) is 24.5 Å². The van der Waals surface area contributed by atoms with E-state index in [9.17, 15) is 27.6 Å². The van der Waals surface area contributed by atoms with Gasteiger partial charge in [0.25, 0.3) is 5.91 Å². The lowest BCUT2D eigenvalue weighted by Gasteiger charge is -2.29. The van der Waals surface area contributed by atoms with Gasteiger partial charge in [0.1, 0.15) is 6.04 Å². The number of rotatable bonds is 5. The number of carboxylic acid groups (broad SMARTS) is 1. The summed E-state index contributed by atoms with van der Waals surface area (Å²) in [7, 11) is 0. The summed E-state index contributed by atoms with van der Waals surface area (Å²) >= 11 is 0. The first-order chi connectivity index (χ1) is 18.0. The molecule has 1 atom stereocenters. The fraction of sp³-hybridized carbons (Fsp3) is 0.500. The third-order valence-corrected chi connectivity index (χ3v) is 6.73. The zero-order valence-electron chi connectivity index (χ0n) is 20.3. The van der Waals surface area contributed by atoms with E-state index in [4.69, 9.17) is 9.90 Å². The number of nitrogens with one attached hydrogen (secondary N) is 2. The van der Waals surface area contributed by atoms with Gasteiger partial charge in [-0.2, -0.15) is 13.2 Å². The minimum Gasteiger partial charge on any atom is -0.475 e. The first kappa shape index (κ1) is 27.2. The molecule has 1 unspecified atom stereocenters. The molecule has 14 heteroatoms. The Labute approximate surface area is 215 Å². The molecule has 2 fully saturated rings. The van der Waals surface area contributed by atoms with Gasteiger partial charge in [-0.3, -0.25) is 19.7 Å². The second-order valence-electron chi connectivity index (χ2n) is 9.41. The molecule has 1 saturated carbocycles. The van der Waals surface area contributed by atoms with Gasteiger partial charge >= 0.3 is 12.1 Å². The number of carboxylic acids is 1. The van der Waals surface area contributed by atoms with E-state index >= 15 is 0 Å². The number of fused-ring (bicyclic) bond motifs is 1. The Hall–Kier alpha value is -3.81. The van der Waals surface area contributed by atoms with E-state index < -0.39 is 24.1 Å². The molecule has 3 heterocycles. The molecular formula is C24H27F3N6O5. The lowest BCUT2D eigenvalue weighted by atomic mass is 9.95. The van der Waals surface area contributed by atoms with Crippen LogP contribution in [-0.4, -0.2) is 67.0 Å². The summed E-state index contributed by atoms with van der Waals surface area (Å²) in [6.07, 6.45) is 3.77. The SMILES string of the molecule is O=C(O)C(F)(F)F.O=C1CCC(N2Cc3cc(-n4cc(CNC5CCCCC5)nn4)ccc3C2=O)C(=O)N1.